The smallest absolute Gasteiger partial charge is 0.0897 e. The Morgan fingerprint density at radius 1 is 0.647 bits per heavy atom. The standard InChI is InChI=1S/C28H42N2O4/c31-27(17-29-15-23-7-3-1-4-8-23)21-33-19-25-11-13-26(14-12-25)20-34-22-28(32)18-30-16-24-9-5-2-6-10-24/h1-10,25-32H,11-22H2/t25?,26?,27-,28-/m0/s1. The Hall–Kier alpha value is -1.80. The molecule has 0 radical (unpaired) electrons. The van der Waals surface area contributed by atoms with E-state index in [1.165, 1.54) is 11.1 Å². The summed E-state index contributed by atoms with van der Waals surface area (Å²) in [6.45, 7) is 4.77. The van der Waals surface area contributed by atoms with Crippen LogP contribution in [0.5, 0.6) is 0 Å². The maximum absolute atomic E-state index is 10.1. The van der Waals surface area contributed by atoms with Gasteiger partial charge in [-0.05, 0) is 48.6 Å². The zero-order valence-corrected chi connectivity index (χ0v) is 20.3. The number of nitrogens with one attached hydrogen (secondary N) is 2. The summed E-state index contributed by atoms with van der Waals surface area (Å²) in [4.78, 5) is 0. The molecule has 0 unspecified atom stereocenters. The number of hydrogen-bond acceptors (Lipinski definition) is 6. The molecular formula is C28H42N2O4. The van der Waals surface area contributed by atoms with E-state index in [1.807, 2.05) is 36.4 Å². The topological polar surface area (TPSA) is 83.0 Å². The highest BCUT2D eigenvalue weighted by atomic mass is 16.5. The monoisotopic (exact) mass is 470 g/mol. The Labute approximate surface area is 204 Å². The largest absolute Gasteiger partial charge is 0.389 e. The molecule has 2 atom stereocenters. The first-order valence-electron chi connectivity index (χ1n) is 12.7. The summed E-state index contributed by atoms with van der Waals surface area (Å²) < 4.78 is 11.6. The lowest BCUT2D eigenvalue weighted by Gasteiger charge is -2.28. The minimum Gasteiger partial charge on any atom is -0.389 e. The summed E-state index contributed by atoms with van der Waals surface area (Å²) in [7, 11) is 0. The number of aliphatic hydroxyl groups excluding tert-OH is 2. The summed E-state index contributed by atoms with van der Waals surface area (Å²) in [5, 5.41) is 26.8. The van der Waals surface area contributed by atoms with Gasteiger partial charge in [0.15, 0.2) is 0 Å². The molecule has 2 aromatic rings. The van der Waals surface area contributed by atoms with Crippen molar-refractivity contribution in [2.24, 2.45) is 11.8 Å². The van der Waals surface area contributed by atoms with Gasteiger partial charge in [0.1, 0.15) is 0 Å². The molecule has 34 heavy (non-hydrogen) atoms. The van der Waals surface area contributed by atoms with E-state index in [4.69, 9.17) is 9.47 Å². The maximum atomic E-state index is 10.1. The van der Waals surface area contributed by atoms with Crippen LogP contribution in [-0.2, 0) is 22.6 Å². The Morgan fingerprint density at radius 2 is 1.03 bits per heavy atom. The molecule has 3 rings (SSSR count). The normalized spacial score (nSPS) is 20.2. The van der Waals surface area contributed by atoms with Crippen LogP contribution in [0.4, 0.5) is 0 Å². The SMILES string of the molecule is O[C@@H](CNCc1ccccc1)COCC1CCC(COC[C@@H](O)CNCc2ccccc2)CC1. The fourth-order valence-corrected chi connectivity index (χ4v) is 4.38. The molecule has 6 heteroatoms. The first kappa shape index (κ1) is 26.8. The van der Waals surface area contributed by atoms with Gasteiger partial charge < -0.3 is 30.3 Å². The number of rotatable bonds is 16. The molecule has 0 aliphatic heterocycles. The number of ether oxygens (including phenoxy) is 2. The van der Waals surface area contributed by atoms with Gasteiger partial charge in [0, 0.05) is 39.4 Å². The zero-order valence-electron chi connectivity index (χ0n) is 20.3. The van der Waals surface area contributed by atoms with Crippen molar-refractivity contribution in [3.05, 3.63) is 71.8 Å². The van der Waals surface area contributed by atoms with Crippen LogP contribution in [0.3, 0.4) is 0 Å². The molecule has 188 valence electrons. The van der Waals surface area contributed by atoms with Crippen molar-refractivity contribution in [2.75, 3.05) is 39.5 Å². The Kier molecular flexibility index (Phi) is 12.6. The summed E-state index contributed by atoms with van der Waals surface area (Å²) >= 11 is 0. The average molecular weight is 471 g/mol. The molecule has 0 heterocycles. The van der Waals surface area contributed by atoms with E-state index in [9.17, 15) is 10.2 Å². The van der Waals surface area contributed by atoms with Crippen molar-refractivity contribution in [3.8, 4) is 0 Å². The van der Waals surface area contributed by atoms with Crippen LogP contribution in [0, 0.1) is 11.8 Å². The van der Waals surface area contributed by atoms with Gasteiger partial charge in [0.05, 0.1) is 25.4 Å². The van der Waals surface area contributed by atoms with E-state index in [2.05, 4.69) is 34.9 Å². The summed E-state index contributed by atoms with van der Waals surface area (Å²) in [5.74, 6) is 1.13. The molecular weight excluding hydrogens is 428 g/mol. The van der Waals surface area contributed by atoms with Crippen LogP contribution in [0.25, 0.3) is 0 Å². The second-order valence-electron chi connectivity index (χ2n) is 9.50. The molecule has 1 aliphatic rings. The molecule has 1 fully saturated rings. The van der Waals surface area contributed by atoms with Crippen LogP contribution < -0.4 is 10.6 Å². The Morgan fingerprint density at radius 3 is 1.41 bits per heavy atom. The zero-order chi connectivity index (χ0) is 23.8. The van der Waals surface area contributed by atoms with Crippen molar-refractivity contribution in [1.82, 2.24) is 10.6 Å². The van der Waals surface area contributed by atoms with Gasteiger partial charge in [0.2, 0.25) is 0 Å². The number of benzene rings is 2. The van der Waals surface area contributed by atoms with Crippen molar-refractivity contribution in [1.29, 1.82) is 0 Å². The van der Waals surface area contributed by atoms with Crippen LogP contribution in [0.2, 0.25) is 0 Å². The molecule has 0 spiro atoms. The fourth-order valence-electron chi connectivity index (χ4n) is 4.38. The third-order valence-corrected chi connectivity index (χ3v) is 6.40. The molecule has 1 saturated carbocycles. The van der Waals surface area contributed by atoms with E-state index in [-0.39, 0.29) is 0 Å². The van der Waals surface area contributed by atoms with Gasteiger partial charge in [-0.25, -0.2) is 0 Å². The quantitative estimate of drug-likeness (QED) is 0.302. The summed E-state index contributed by atoms with van der Waals surface area (Å²) in [6, 6.07) is 20.4. The van der Waals surface area contributed by atoms with Crippen LogP contribution >= 0.6 is 0 Å². The second-order valence-corrected chi connectivity index (χ2v) is 9.50. The van der Waals surface area contributed by atoms with E-state index in [0.29, 0.717) is 38.1 Å². The molecule has 0 bridgehead atoms. The minimum atomic E-state index is -0.484. The molecule has 1 aliphatic carbocycles. The predicted molar refractivity (Wildman–Crippen MR) is 135 cm³/mol. The van der Waals surface area contributed by atoms with E-state index in [0.717, 1.165) is 52.0 Å². The Bertz CT molecular complexity index is 688. The third kappa shape index (κ3) is 11.1. The first-order valence-corrected chi connectivity index (χ1v) is 12.7. The fraction of sp³-hybridized carbons (Fsp3) is 0.571. The van der Waals surface area contributed by atoms with Crippen molar-refractivity contribution < 1.29 is 19.7 Å². The molecule has 2 aromatic carbocycles. The van der Waals surface area contributed by atoms with Gasteiger partial charge >= 0.3 is 0 Å². The lowest BCUT2D eigenvalue weighted by atomic mass is 9.83. The van der Waals surface area contributed by atoms with Gasteiger partial charge in [-0.2, -0.15) is 0 Å². The van der Waals surface area contributed by atoms with Crippen molar-refractivity contribution in [2.45, 2.75) is 51.0 Å². The van der Waals surface area contributed by atoms with Gasteiger partial charge in [-0.1, -0.05) is 60.7 Å². The second kappa shape index (κ2) is 16.0. The minimum absolute atomic E-state index is 0.376. The lowest BCUT2D eigenvalue weighted by Crippen LogP contribution is -2.32. The van der Waals surface area contributed by atoms with Crippen molar-refractivity contribution in [3.63, 3.8) is 0 Å². The van der Waals surface area contributed by atoms with Crippen molar-refractivity contribution >= 4 is 0 Å². The average Bonchev–Trinajstić information content (AvgIpc) is 2.86. The van der Waals surface area contributed by atoms with Gasteiger partial charge in [0.25, 0.3) is 0 Å². The highest BCUT2D eigenvalue weighted by Gasteiger charge is 2.22. The molecule has 6 nitrogen and oxygen atoms in total. The first-order chi connectivity index (χ1) is 16.7. The Balaban J connectivity index is 1.15. The van der Waals surface area contributed by atoms with E-state index >= 15 is 0 Å². The highest BCUT2D eigenvalue weighted by molar-refractivity contribution is 5.14. The molecule has 4 N–H and O–H groups in total. The predicted octanol–water partition coefficient (Wildman–Crippen LogP) is 3.13. The maximum Gasteiger partial charge on any atom is 0.0897 e. The summed E-state index contributed by atoms with van der Waals surface area (Å²) in [6.07, 6.45) is 3.58. The highest BCUT2D eigenvalue weighted by Crippen LogP contribution is 2.29. The summed E-state index contributed by atoms with van der Waals surface area (Å²) in [5.41, 5.74) is 2.43. The van der Waals surface area contributed by atoms with Crippen LogP contribution in [0.15, 0.2) is 60.7 Å². The van der Waals surface area contributed by atoms with Gasteiger partial charge in [-0.15, -0.1) is 0 Å². The number of hydrogen-bond donors (Lipinski definition) is 4. The lowest BCUT2D eigenvalue weighted by molar-refractivity contribution is -0.00292. The molecule has 0 saturated heterocycles. The van der Waals surface area contributed by atoms with Crippen LogP contribution in [0.1, 0.15) is 36.8 Å². The van der Waals surface area contributed by atoms with Gasteiger partial charge in [-0.3, -0.25) is 0 Å². The number of aliphatic hydroxyl groups is 2. The van der Waals surface area contributed by atoms with E-state index < -0.39 is 12.2 Å². The molecule has 0 amide bonds. The molecule has 0 aromatic heterocycles. The van der Waals surface area contributed by atoms with E-state index in [1.54, 1.807) is 0 Å². The third-order valence-electron chi connectivity index (χ3n) is 6.40. The van der Waals surface area contributed by atoms with Crippen LogP contribution in [-0.4, -0.2) is 61.9 Å².